The maximum atomic E-state index is 12.4. The number of pyridine rings is 1. The van der Waals surface area contributed by atoms with Gasteiger partial charge in [0.05, 0.1) is 10.6 Å². The van der Waals surface area contributed by atoms with Gasteiger partial charge < -0.3 is 15.3 Å². The molecule has 7 heteroatoms. The van der Waals surface area contributed by atoms with Crippen molar-refractivity contribution in [2.75, 3.05) is 23.3 Å². The van der Waals surface area contributed by atoms with E-state index in [9.17, 15) is 9.59 Å². The van der Waals surface area contributed by atoms with Gasteiger partial charge in [-0.2, -0.15) is 0 Å². The fraction of sp³-hybridized carbons (Fsp3) is 0.278. The van der Waals surface area contributed by atoms with Crippen LogP contribution in [0, 0.1) is 5.92 Å². The van der Waals surface area contributed by atoms with Gasteiger partial charge in [0.25, 0.3) is 0 Å². The van der Waals surface area contributed by atoms with Crippen LogP contribution in [-0.4, -0.2) is 35.1 Å². The first-order valence-electron chi connectivity index (χ1n) is 8.04. The van der Waals surface area contributed by atoms with Crippen LogP contribution < -0.4 is 10.2 Å². The van der Waals surface area contributed by atoms with E-state index >= 15 is 0 Å². The molecule has 1 aromatic heterocycles. The predicted octanol–water partition coefficient (Wildman–Crippen LogP) is 3.29. The second kappa shape index (κ2) is 7.53. The molecule has 0 saturated carbocycles. The molecule has 0 atom stereocenters. The Hall–Kier alpha value is -2.60. The number of para-hydroxylation sites is 1. The number of rotatable bonds is 4. The van der Waals surface area contributed by atoms with E-state index in [0.29, 0.717) is 36.8 Å². The Balaban J connectivity index is 1.60. The number of halogens is 1. The van der Waals surface area contributed by atoms with Crippen LogP contribution in [-0.2, 0) is 4.79 Å². The normalized spacial score (nSPS) is 15.0. The molecular weight excluding hydrogens is 342 g/mol. The molecule has 1 saturated heterocycles. The van der Waals surface area contributed by atoms with Crippen LogP contribution in [0.2, 0.25) is 5.02 Å². The third kappa shape index (κ3) is 4.09. The third-order valence-corrected chi connectivity index (χ3v) is 4.55. The zero-order chi connectivity index (χ0) is 17.8. The lowest BCUT2D eigenvalue weighted by Gasteiger charge is -2.32. The highest BCUT2D eigenvalue weighted by atomic mass is 35.5. The molecule has 3 rings (SSSR count). The van der Waals surface area contributed by atoms with E-state index in [1.54, 1.807) is 0 Å². The van der Waals surface area contributed by atoms with Crippen LogP contribution in [0.15, 0.2) is 42.6 Å². The number of hydrogen-bond acceptors (Lipinski definition) is 4. The minimum absolute atomic E-state index is 0.0196. The smallest absolute Gasteiger partial charge is 0.337 e. The quantitative estimate of drug-likeness (QED) is 0.875. The lowest BCUT2D eigenvalue weighted by atomic mass is 9.95. The zero-order valence-corrected chi connectivity index (χ0v) is 14.2. The average Bonchev–Trinajstić information content (AvgIpc) is 2.62. The van der Waals surface area contributed by atoms with E-state index in [1.807, 2.05) is 35.2 Å². The predicted molar refractivity (Wildman–Crippen MR) is 96.2 cm³/mol. The summed E-state index contributed by atoms with van der Waals surface area (Å²) in [6.45, 7) is 1.29. The molecule has 6 nitrogen and oxygen atoms in total. The fourth-order valence-electron chi connectivity index (χ4n) is 2.90. The van der Waals surface area contributed by atoms with Crippen molar-refractivity contribution in [2.24, 2.45) is 5.92 Å². The topological polar surface area (TPSA) is 82.5 Å². The summed E-state index contributed by atoms with van der Waals surface area (Å²) < 4.78 is 0. The molecule has 25 heavy (non-hydrogen) atoms. The van der Waals surface area contributed by atoms with Gasteiger partial charge in [0, 0.05) is 30.9 Å². The van der Waals surface area contributed by atoms with Gasteiger partial charge in [-0.1, -0.05) is 29.8 Å². The first-order chi connectivity index (χ1) is 12.0. The van der Waals surface area contributed by atoms with Crippen molar-refractivity contribution in [1.82, 2.24) is 4.98 Å². The third-order valence-electron chi connectivity index (χ3n) is 4.28. The van der Waals surface area contributed by atoms with E-state index in [-0.39, 0.29) is 17.4 Å². The van der Waals surface area contributed by atoms with Gasteiger partial charge in [-0.05, 0) is 31.0 Å². The SMILES string of the molecule is O=C(O)c1cnc(N2CCC(C(=O)Nc3ccccc3)CC2)c(Cl)c1. The van der Waals surface area contributed by atoms with Gasteiger partial charge in [-0.25, -0.2) is 9.78 Å². The summed E-state index contributed by atoms with van der Waals surface area (Å²) >= 11 is 6.17. The number of benzene rings is 1. The van der Waals surface area contributed by atoms with E-state index in [1.165, 1.54) is 12.3 Å². The van der Waals surface area contributed by atoms with Crippen LogP contribution >= 0.6 is 11.6 Å². The van der Waals surface area contributed by atoms with Crippen molar-refractivity contribution in [3.8, 4) is 0 Å². The van der Waals surface area contributed by atoms with E-state index in [4.69, 9.17) is 16.7 Å². The number of nitrogens with one attached hydrogen (secondary N) is 1. The molecular formula is C18H18ClN3O3. The Morgan fingerprint density at radius 2 is 1.88 bits per heavy atom. The monoisotopic (exact) mass is 359 g/mol. The summed E-state index contributed by atoms with van der Waals surface area (Å²) in [6.07, 6.45) is 2.69. The Bertz CT molecular complexity index is 774. The summed E-state index contributed by atoms with van der Waals surface area (Å²) in [6, 6.07) is 10.8. The summed E-state index contributed by atoms with van der Waals surface area (Å²) in [5.74, 6) is -0.537. The average molecular weight is 360 g/mol. The Labute approximate surface area is 150 Å². The van der Waals surface area contributed by atoms with E-state index < -0.39 is 5.97 Å². The molecule has 0 unspecified atom stereocenters. The molecule has 2 heterocycles. The van der Waals surface area contributed by atoms with Crippen molar-refractivity contribution in [1.29, 1.82) is 0 Å². The first kappa shape index (κ1) is 17.2. The highest BCUT2D eigenvalue weighted by Gasteiger charge is 2.26. The van der Waals surface area contributed by atoms with Crippen LogP contribution in [0.25, 0.3) is 0 Å². The number of carboxylic acid groups (broad SMARTS) is 1. The number of hydrogen-bond donors (Lipinski definition) is 2. The number of carbonyl (C=O) groups is 2. The first-order valence-corrected chi connectivity index (χ1v) is 8.42. The number of aromatic carboxylic acids is 1. The van der Waals surface area contributed by atoms with Gasteiger partial charge in [0.2, 0.25) is 5.91 Å². The molecule has 1 fully saturated rings. The summed E-state index contributed by atoms with van der Waals surface area (Å²) in [5.41, 5.74) is 0.856. The van der Waals surface area contributed by atoms with Crippen molar-refractivity contribution in [3.05, 3.63) is 53.2 Å². The van der Waals surface area contributed by atoms with Crippen LogP contribution in [0.5, 0.6) is 0 Å². The van der Waals surface area contributed by atoms with E-state index in [2.05, 4.69) is 10.3 Å². The second-order valence-electron chi connectivity index (χ2n) is 5.95. The molecule has 0 aliphatic carbocycles. The van der Waals surface area contributed by atoms with Gasteiger partial charge in [0.15, 0.2) is 0 Å². The van der Waals surface area contributed by atoms with Crippen molar-refractivity contribution >= 4 is 35.0 Å². The number of carboxylic acids is 1. The highest BCUT2D eigenvalue weighted by Crippen LogP contribution is 2.29. The summed E-state index contributed by atoms with van der Waals surface area (Å²) in [5, 5.41) is 12.2. The number of nitrogens with zero attached hydrogens (tertiary/aromatic N) is 2. The summed E-state index contributed by atoms with van der Waals surface area (Å²) in [7, 11) is 0. The molecule has 0 spiro atoms. The van der Waals surface area contributed by atoms with Gasteiger partial charge in [-0.15, -0.1) is 0 Å². The highest BCUT2D eigenvalue weighted by molar-refractivity contribution is 6.33. The van der Waals surface area contributed by atoms with Gasteiger partial charge in [0.1, 0.15) is 5.82 Å². The molecule has 2 aromatic rings. The molecule has 130 valence electrons. The fourth-order valence-corrected chi connectivity index (χ4v) is 3.19. The molecule has 0 radical (unpaired) electrons. The molecule has 1 aliphatic heterocycles. The lowest BCUT2D eigenvalue weighted by Crippen LogP contribution is -2.38. The Morgan fingerprint density at radius 3 is 2.48 bits per heavy atom. The molecule has 0 bridgehead atoms. The van der Waals surface area contributed by atoms with Crippen molar-refractivity contribution < 1.29 is 14.7 Å². The van der Waals surface area contributed by atoms with Crippen molar-refractivity contribution in [3.63, 3.8) is 0 Å². The van der Waals surface area contributed by atoms with Gasteiger partial charge >= 0.3 is 5.97 Å². The lowest BCUT2D eigenvalue weighted by molar-refractivity contribution is -0.120. The minimum Gasteiger partial charge on any atom is -0.478 e. The standard InChI is InChI=1S/C18H18ClN3O3/c19-15-10-13(18(24)25)11-20-16(15)22-8-6-12(7-9-22)17(23)21-14-4-2-1-3-5-14/h1-5,10-12H,6-9H2,(H,21,23)(H,24,25). The maximum Gasteiger partial charge on any atom is 0.337 e. The van der Waals surface area contributed by atoms with Crippen LogP contribution in [0.3, 0.4) is 0 Å². The zero-order valence-electron chi connectivity index (χ0n) is 13.5. The second-order valence-corrected chi connectivity index (χ2v) is 6.36. The molecule has 1 aliphatic rings. The molecule has 2 N–H and O–H groups in total. The largest absolute Gasteiger partial charge is 0.478 e. The summed E-state index contributed by atoms with van der Waals surface area (Å²) in [4.78, 5) is 29.5. The maximum absolute atomic E-state index is 12.4. The van der Waals surface area contributed by atoms with E-state index in [0.717, 1.165) is 5.69 Å². The Morgan fingerprint density at radius 1 is 1.20 bits per heavy atom. The van der Waals surface area contributed by atoms with Crippen LogP contribution in [0.1, 0.15) is 23.2 Å². The number of piperidine rings is 1. The number of amides is 1. The molecule has 1 aromatic carbocycles. The van der Waals surface area contributed by atoms with Crippen LogP contribution in [0.4, 0.5) is 11.5 Å². The number of aromatic nitrogens is 1. The minimum atomic E-state index is -1.06. The van der Waals surface area contributed by atoms with Gasteiger partial charge in [-0.3, -0.25) is 4.79 Å². The Kier molecular flexibility index (Phi) is 5.19. The molecule has 1 amide bonds. The van der Waals surface area contributed by atoms with Crippen molar-refractivity contribution in [2.45, 2.75) is 12.8 Å². The number of anilines is 2. The number of carbonyl (C=O) groups excluding carboxylic acids is 1.